The number of hydrogen-bond acceptors (Lipinski definition) is 3. The summed E-state index contributed by atoms with van der Waals surface area (Å²) >= 11 is 5.79. The van der Waals surface area contributed by atoms with E-state index >= 15 is 0 Å². The number of anilines is 2. The first-order valence-electron chi connectivity index (χ1n) is 6.08. The van der Waals surface area contributed by atoms with Crippen molar-refractivity contribution in [2.24, 2.45) is 5.92 Å². The van der Waals surface area contributed by atoms with Gasteiger partial charge in [0.25, 0.3) is 0 Å². The number of hydrogen-bond donors (Lipinski definition) is 2. The number of rotatable bonds is 6. The second kappa shape index (κ2) is 6.07. The van der Waals surface area contributed by atoms with E-state index in [4.69, 9.17) is 22.1 Å². The Bertz CT molecular complexity index is 433. The fraction of sp³-hybridized carbons (Fsp3) is 0.462. The third-order valence-corrected chi connectivity index (χ3v) is 3.22. The molecule has 1 saturated carbocycles. The number of halogens is 1. The van der Waals surface area contributed by atoms with Crippen molar-refractivity contribution in [1.29, 1.82) is 0 Å². The van der Waals surface area contributed by atoms with E-state index < -0.39 is 0 Å². The van der Waals surface area contributed by atoms with E-state index in [0.29, 0.717) is 23.0 Å². The van der Waals surface area contributed by atoms with Gasteiger partial charge in [-0.1, -0.05) is 24.4 Å². The molecule has 1 aliphatic carbocycles. The summed E-state index contributed by atoms with van der Waals surface area (Å²) < 4.78 is 5.30. The highest BCUT2D eigenvalue weighted by Crippen LogP contribution is 2.32. The van der Waals surface area contributed by atoms with Crippen LogP contribution in [0.5, 0.6) is 0 Å². The molecule has 1 amide bonds. The minimum absolute atomic E-state index is 0.0786. The maximum atomic E-state index is 11.6. The van der Waals surface area contributed by atoms with Crippen molar-refractivity contribution in [3.63, 3.8) is 0 Å². The van der Waals surface area contributed by atoms with Gasteiger partial charge in [0, 0.05) is 12.3 Å². The molecule has 0 radical (unpaired) electrons. The molecule has 1 aromatic rings. The fourth-order valence-corrected chi connectivity index (χ4v) is 1.76. The second-order valence-corrected chi connectivity index (χ2v) is 4.98. The number of ether oxygens (including phenoxy) is 1. The standard InChI is InChI=1S/C13H17ClN2O2/c14-11-4-3-10(7-12(11)15)16-13(17)8-18-6-5-9-1-2-9/h3-4,7,9H,1-2,5-6,8,15H2,(H,16,17). The Morgan fingerprint density at radius 3 is 2.94 bits per heavy atom. The average molecular weight is 269 g/mol. The Morgan fingerprint density at radius 1 is 1.50 bits per heavy atom. The van der Waals surface area contributed by atoms with E-state index in [1.54, 1.807) is 18.2 Å². The smallest absolute Gasteiger partial charge is 0.250 e. The third kappa shape index (κ3) is 4.20. The van der Waals surface area contributed by atoms with Crippen LogP contribution in [-0.2, 0) is 9.53 Å². The van der Waals surface area contributed by atoms with Gasteiger partial charge < -0.3 is 15.8 Å². The van der Waals surface area contributed by atoms with Crippen molar-refractivity contribution in [3.8, 4) is 0 Å². The summed E-state index contributed by atoms with van der Waals surface area (Å²) in [6, 6.07) is 4.99. The number of amides is 1. The van der Waals surface area contributed by atoms with Crippen LogP contribution in [0, 0.1) is 5.92 Å². The van der Waals surface area contributed by atoms with Gasteiger partial charge in [-0.2, -0.15) is 0 Å². The Kier molecular flexibility index (Phi) is 4.44. The Balaban J connectivity index is 1.70. The third-order valence-electron chi connectivity index (χ3n) is 2.88. The Morgan fingerprint density at radius 2 is 2.28 bits per heavy atom. The maximum absolute atomic E-state index is 11.6. The number of carbonyl (C=O) groups excluding carboxylic acids is 1. The van der Waals surface area contributed by atoms with E-state index in [9.17, 15) is 4.79 Å². The number of nitrogens with one attached hydrogen (secondary N) is 1. The summed E-state index contributed by atoms with van der Waals surface area (Å²) in [5, 5.41) is 3.19. The van der Waals surface area contributed by atoms with Crippen LogP contribution in [0.1, 0.15) is 19.3 Å². The summed E-state index contributed by atoms with van der Waals surface area (Å²) in [5.41, 5.74) is 6.72. The number of nitrogen functional groups attached to an aromatic ring is 1. The molecule has 1 aromatic carbocycles. The lowest BCUT2D eigenvalue weighted by Gasteiger charge is -2.07. The largest absolute Gasteiger partial charge is 0.397 e. The van der Waals surface area contributed by atoms with Crippen LogP contribution in [0.2, 0.25) is 5.02 Å². The average Bonchev–Trinajstić information content (AvgIpc) is 3.14. The van der Waals surface area contributed by atoms with E-state index in [1.807, 2.05) is 0 Å². The second-order valence-electron chi connectivity index (χ2n) is 4.57. The molecule has 0 aliphatic heterocycles. The molecule has 0 saturated heterocycles. The van der Waals surface area contributed by atoms with Crippen molar-refractivity contribution in [3.05, 3.63) is 23.2 Å². The monoisotopic (exact) mass is 268 g/mol. The van der Waals surface area contributed by atoms with Gasteiger partial charge in [-0.3, -0.25) is 4.79 Å². The molecule has 1 fully saturated rings. The SMILES string of the molecule is Nc1cc(NC(=O)COCCC2CC2)ccc1Cl. The minimum Gasteiger partial charge on any atom is -0.397 e. The molecule has 3 N–H and O–H groups in total. The van der Waals surface area contributed by atoms with E-state index in [0.717, 1.165) is 12.3 Å². The van der Waals surface area contributed by atoms with Crippen LogP contribution >= 0.6 is 11.6 Å². The zero-order valence-electron chi connectivity index (χ0n) is 10.1. The lowest BCUT2D eigenvalue weighted by molar-refractivity contribution is -0.120. The van der Waals surface area contributed by atoms with E-state index in [2.05, 4.69) is 5.32 Å². The number of carbonyl (C=O) groups is 1. The van der Waals surface area contributed by atoms with Crippen LogP contribution in [0.15, 0.2) is 18.2 Å². The van der Waals surface area contributed by atoms with Crippen LogP contribution in [0.4, 0.5) is 11.4 Å². The number of benzene rings is 1. The summed E-state index contributed by atoms with van der Waals surface area (Å²) in [4.78, 5) is 11.6. The van der Waals surface area contributed by atoms with Gasteiger partial charge in [-0.15, -0.1) is 0 Å². The van der Waals surface area contributed by atoms with E-state index in [-0.39, 0.29) is 12.5 Å². The van der Waals surface area contributed by atoms with Gasteiger partial charge in [-0.05, 0) is 30.5 Å². The van der Waals surface area contributed by atoms with Crippen molar-refractivity contribution >= 4 is 28.9 Å². The molecule has 1 aliphatic rings. The van der Waals surface area contributed by atoms with Gasteiger partial charge in [0.1, 0.15) is 6.61 Å². The number of nitrogens with two attached hydrogens (primary N) is 1. The van der Waals surface area contributed by atoms with Crippen LogP contribution in [-0.4, -0.2) is 19.1 Å². The molecule has 2 rings (SSSR count). The lowest BCUT2D eigenvalue weighted by atomic mass is 10.3. The first-order chi connectivity index (χ1) is 8.65. The molecule has 0 heterocycles. The predicted molar refractivity (Wildman–Crippen MR) is 72.7 cm³/mol. The highest BCUT2D eigenvalue weighted by atomic mass is 35.5. The van der Waals surface area contributed by atoms with Crippen LogP contribution in [0.3, 0.4) is 0 Å². The molecular weight excluding hydrogens is 252 g/mol. The van der Waals surface area contributed by atoms with E-state index in [1.165, 1.54) is 12.8 Å². The summed E-state index contributed by atoms with van der Waals surface area (Å²) in [6.07, 6.45) is 3.67. The first kappa shape index (κ1) is 13.2. The molecule has 0 atom stereocenters. The van der Waals surface area contributed by atoms with Gasteiger partial charge in [0.15, 0.2) is 0 Å². The fourth-order valence-electron chi connectivity index (χ4n) is 1.64. The highest BCUT2D eigenvalue weighted by molar-refractivity contribution is 6.33. The van der Waals surface area contributed by atoms with Crippen molar-refractivity contribution in [2.75, 3.05) is 24.3 Å². The Hall–Kier alpha value is -1.26. The Labute approximate surface area is 111 Å². The summed E-state index contributed by atoms with van der Waals surface area (Å²) in [7, 11) is 0. The van der Waals surface area contributed by atoms with Crippen LogP contribution < -0.4 is 11.1 Å². The van der Waals surface area contributed by atoms with Gasteiger partial charge >= 0.3 is 0 Å². The van der Waals surface area contributed by atoms with Crippen molar-refractivity contribution < 1.29 is 9.53 Å². The molecule has 0 aromatic heterocycles. The minimum atomic E-state index is -0.174. The maximum Gasteiger partial charge on any atom is 0.250 e. The van der Waals surface area contributed by atoms with Gasteiger partial charge in [-0.25, -0.2) is 0 Å². The zero-order chi connectivity index (χ0) is 13.0. The molecule has 0 spiro atoms. The van der Waals surface area contributed by atoms with Crippen LogP contribution in [0.25, 0.3) is 0 Å². The molecule has 0 bridgehead atoms. The molecule has 18 heavy (non-hydrogen) atoms. The van der Waals surface area contributed by atoms with Crippen molar-refractivity contribution in [1.82, 2.24) is 0 Å². The topological polar surface area (TPSA) is 64.3 Å². The summed E-state index contributed by atoms with van der Waals surface area (Å²) in [6.45, 7) is 0.732. The lowest BCUT2D eigenvalue weighted by Crippen LogP contribution is -2.18. The van der Waals surface area contributed by atoms with Gasteiger partial charge in [0.05, 0.1) is 10.7 Å². The summed E-state index contributed by atoms with van der Waals surface area (Å²) in [5.74, 6) is 0.650. The molecular formula is C13H17ClN2O2. The predicted octanol–water partition coefficient (Wildman–Crippen LogP) is 2.68. The molecule has 5 heteroatoms. The zero-order valence-corrected chi connectivity index (χ0v) is 10.9. The van der Waals surface area contributed by atoms with Crippen molar-refractivity contribution in [2.45, 2.75) is 19.3 Å². The normalized spacial score (nSPS) is 14.5. The highest BCUT2D eigenvalue weighted by Gasteiger charge is 2.20. The molecule has 4 nitrogen and oxygen atoms in total. The van der Waals surface area contributed by atoms with Gasteiger partial charge in [0.2, 0.25) is 5.91 Å². The molecule has 0 unspecified atom stereocenters. The first-order valence-corrected chi connectivity index (χ1v) is 6.45. The molecule has 98 valence electrons. The quantitative estimate of drug-likeness (QED) is 0.616.